The zero-order valence-corrected chi connectivity index (χ0v) is 12.8. The molecule has 0 amide bonds. The molecule has 0 saturated heterocycles. The Morgan fingerprint density at radius 3 is 2.78 bits per heavy atom. The zero-order chi connectivity index (χ0) is 16.0. The van der Waals surface area contributed by atoms with Gasteiger partial charge in [0, 0.05) is 11.6 Å². The lowest BCUT2D eigenvalue weighted by atomic mass is 10.1. The number of fused-ring (bicyclic) bond motifs is 2. The van der Waals surface area contributed by atoms with Crippen molar-refractivity contribution in [1.29, 1.82) is 0 Å². The van der Waals surface area contributed by atoms with Crippen molar-refractivity contribution >= 4 is 27.6 Å². The molecule has 23 heavy (non-hydrogen) atoms. The summed E-state index contributed by atoms with van der Waals surface area (Å²) in [4.78, 5) is 9.09. The van der Waals surface area contributed by atoms with Crippen LogP contribution in [0.4, 0.5) is 5.69 Å². The van der Waals surface area contributed by atoms with Gasteiger partial charge in [0.15, 0.2) is 11.5 Å². The summed E-state index contributed by atoms with van der Waals surface area (Å²) in [5.41, 5.74) is 9.38. The van der Waals surface area contributed by atoms with Gasteiger partial charge in [-0.25, -0.2) is 9.97 Å². The van der Waals surface area contributed by atoms with E-state index in [0.29, 0.717) is 17.2 Å². The van der Waals surface area contributed by atoms with Gasteiger partial charge in [-0.2, -0.15) is 9.78 Å². The fourth-order valence-electron chi connectivity index (χ4n) is 2.78. The molecular weight excluding hydrogens is 290 g/mol. The van der Waals surface area contributed by atoms with Gasteiger partial charge >= 0.3 is 0 Å². The van der Waals surface area contributed by atoms with Gasteiger partial charge in [-0.15, -0.1) is 0 Å². The Labute approximate surface area is 132 Å². The van der Waals surface area contributed by atoms with Crippen LogP contribution in [0.25, 0.3) is 27.8 Å². The summed E-state index contributed by atoms with van der Waals surface area (Å²) < 4.78 is 7.01. The molecule has 3 heterocycles. The number of benzene rings is 1. The van der Waals surface area contributed by atoms with Gasteiger partial charge in [-0.1, -0.05) is 6.07 Å². The third-order valence-electron chi connectivity index (χ3n) is 3.89. The highest BCUT2D eigenvalue weighted by Gasteiger charge is 2.16. The van der Waals surface area contributed by atoms with E-state index in [9.17, 15) is 0 Å². The normalized spacial score (nSPS) is 11.2. The molecule has 6 heteroatoms. The largest absolute Gasteiger partial charge is 0.497 e. The fourth-order valence-corrected chi connectivity index (χ4v) is 2.78. The summed E-state index contributed by atoms with van der Waals surface area (Å²) in [6.45, 7) is 1.92. The molecule has 4 rings (SSSR count). The molecule has 114 valence electrons. The van der Waals surface area contributed by atoms with Gasteiger partial charge < -0.3 is 10.5 Å². The van der Waals surface area contributed by atoms with E-state index in [0.717, 1.165) is 27.7 Å². The maximum absolute atomic E-state index is 6.40. The summed E-state index contributed by atoms with van der Waals surface area (Å²) in [7, 11) is 1.63. The third-order valence-corrected chi connectivity index (χ3v) is 3.89. The lowest BCUT2D eigenvalue weighted by Gasteiger charge is -2.07. The van der Waals surface area contributed by atoms with E-state index in [1.165, 1.54) is 0 Å². The van der Waals surface area contributed by atoms with E-state index in [-0.39, 0.29) is 0 Å². The minimum Gasteiger partial charge on any atom is -0.497 e. The Bertz CT molecular complexity index is 1020. The van der Waals surface area contributed by atoms with E-state index in [1.54, 1.807) is 18.0 Å². The summed E-state index contributed by atoms with van der Waals surface area (Å²) in [5.74, 6) is 1.46. The molecule has 0 bridgehead atoms. The molecule has 0 radical (unpaired) electrons. The minimum atomic E-state index is 0.656. The molecule has 0 unspecified atom stereocenters. The number of nitrogen functional groups attached to an aromatic ring is 1. The quantitative estimate of drug-likeness (QED) is 0.616. The first-order chi connectivity index (χ1) is 11.2. The number of nitrogens with two attached hydrogens (primary N) is 1. The van der Waals surface area contributed by atoms with E-state index >= 15 is 0 Å². The molecule has 6 nitrogen and oxygen atoms in total. The summed E-state index contributed by atoms with van der Waals surface area (Å²) >= 11 is 0. The average molecular weight is 305 g/mol. The predicted molar refractivity (Wildman–Crippen MR) is 89.9 cm³/mol. The van der Waals surface area contributed by atoms with Crippen LogP contribution in [0.1, 0.15) is 5.69 Å². The molecule has 0 aliphatic heterocycles. The Kier molecular flexibility index (Phi) is 2.90. The molecule has 0 aliphatic carbocycles. The van der Waals surface area contributed by atoms with Crippen LogP contribution in [0.5, 0.6) is 5.75 Å². The van der Waals surface area contributed by atoms with Crippen LogP contribution in [0.15, 0.2) is 42.6 Å². The van der Waals surface area contributed by atoms with Gasteiger partial charge in [0.25, 0.3) is 0 Å². The Morgan fingerprint density at radius 1 is 1.17 bits per heavy atom. The second-order valence-electron chi connectivity index (χ2n) is 5.29. The van der Waals surface area contributed by atoms with Crippen molar-refractivity contribution < 1.29 is 4.74 Å². The van der Waals surface area contributed by atoms with Crippen LogP contribution in [-0.4, -0.2) is 26.9 Å². The molecule has 3 aromatic heterocycles. The number of rotatable bonds is 2. The van der Waals surface area contributed by atoms with E-state index in [2.05, 4.69) is 10.1 Å². The van der Waals surface area contributed by atoms with Crippen molar-refractivity contribution in [2.24, 2.45) is 0 Å². The molecule has 0 atom stereocenters. The number of aromatic nitrogens is 4. The van der Waals surface area contributed by atoms with Crippen molar-refractivity contribution in [1.82, 2.24) is 19.7 Å². The molecule has 4 aromatic rings. The van der Waals surface area contributed by atoms with E-state index in [1.807, 2.05) is 43.3 Å². The summed E-state index contributed by atoms with van der Waals surface area (Å²) in [6.07, 6.45) is 1.73. The topological polar surface area (TPSA) is 78.9 Å². The number of aryl methyl sites for hydroxylation is 1. The van der Waals surface area contributed by atoms with Crippen LogP contribution in [0, 0.1) is 6.92 Å². The molecule has 0 aliphatic rings. The fraction of sp³-hybridized carbons (Fsp3) is 0.118. The smallest absolute Gasteiger partial charge is 0.167 e. The number of hydrogen-bond donors (Lipinski definition) is 1. The van der Waals surface area contributed by atoms with Crippen LogP contribution in [-0.2, 0) is 0 Å². The molecule has 1 aromatic carbocycles. The zero-order valence-electron chi connectivity index (χ0n) is 12.8. The monoisotopic (exact) mass is 305 g/mol. The second-order valence-corrected chi connectivity index (χ2v) is 5.29. The Morgan fingerprint density at radius 2 is 2.04 bits per heavy atom. The number of pyridine rings is 2. The molecule has 0 saturated carbocycles. The van der Waals surface area contributed by atoms with Gasteiger partial charge in [0.05, 0.1) is 29.4 Å². The molecule has 2 N–H and O–H groups in total. The van der Waals surface area contributed by atoms with Crippen LogP contribution in [0.3, 0.4) is 0 Å². The minimum absolute atomic E-state index is 0.656. The Balaban J connectivity index is 2.10. The van der Waals surface area contributed by atoms with E-state index in [4.69, 9.17) is 15.5 Å². The van der Waals surface area contributed by atoms with Crippen LogP contribution in [0.2, 0.25) is 0 Å². The SMILES string of the molecule is COc1ccc2nc3c(c(C)nn3-c3ccccn3)c(N)c2c1. The first-order valence-electron chi connectivity index (χ1n) is 7.23. The van der Waals surface area contributed by atoms with E-state index < -0.39 is 0 Å². The van der Waals surface area contributed by atoms with Gasteiger partial charge in [0.1, 0.15) is 5.75 Å². The highest BCUT2D eigenvalue weighted by atomic mass is 16.5. The lowest BCUT2D eigenvalue weighted by Crippen LogP contribution is -2.01. The summed E-state index contributed by atoms with van der Waals surface area (Å²) in [6, 6.07) is 11.3. The van der Waals surface area contributed by atoms with Crippen molar-refractivity contribution in [2.75, 3.05) is 12.8 Å². The standard InChI is InChI=1S/C17H15N5O/c1-10-15-16(18)12-9-11(23-2)6-7-13(12)20-17(15)22(21-10)14-5-3-4-8-19-14/h3-9H,1-2H3,(H2,18,20). The van der Waals surface area contributed by atoms with Crippen LogP contribution < -0.4 is 10.5 Å². The van der Waals surface area contributed by atoms with Crippen molar-refractivity contribution in [3.05, 3.63) is 48.3 Å². The van der Waals surface area contributed by atoms with Gasteiger partial charge in [-0.3, -0.25) is 0 Å². The van der Waals surface area contributed by atoms with Crippen LogP contribution >= 0.6 is 0 Å². The maximum Gasteiger partial charge on any atom is 0.167 e. The maximum atomic E-state index is 6.40. The average Bonchev–Trinajstić information content (AvgIpc) is 2.92. The predicted octanol–water partition coefficient (Wildman–Crippen LogP) is 2.87. The number of hydrogen-bond acceptors (Lipinski definition) is 5. The first-order valence-corrected chi connectivity index (χ1v) is 7.23. The lowest BCUT2D eigenvalue weighted by molar-refractivity contribution is 0.415. The number of ether oxygens (including phenoxy) is 1. The summed E-state index contributed by atoms with van der Waals surface area (Å²) in [5, 5.41) is 6.27. The number of anilines is 1. The van der Waals surface area contributed by atoms with Gasteiger partial charge in [-0.05, 0) is 37.3 Å². The first kappa shape index (κ1) is 13.5. The Hall–Kier alpha value is -3.15. The number of nitrogens with zero attached hydrogens (tertiary/aromatic N) is 4. The number of methoxy groups -OCH3 is 1. The third kappa shape index (κ3) is 1.99. The molecular formula is C17H15N5O. The van der Waals surface area contributed by atoms with Crippen molar-refractivity contribution in [3.63, 3.8) is 0 Å². The highest BCUT2D eigenvalue weighted by Crippen LogP contribution is 2.33. The van der Waals surface area contributed by atoms with Crippen molar-refractivity contribution in [2.45, 2.75) is 6.92 Å². The molecule has 0 fully saturated rings. The van der Waals surface area contributed by atoms with Gasteiger partial charge in [0.2, 0.25) is 0 Å². The molecule has 0 spiro atoms. The van der Waals surface area contributed by atoms with Crippen molar-refractivity contribution in [3.8, 4) is 11.6 Å². The second kappa shape index (κ2) is 4.95. The highest BCUT2D eigenvalue weighted by molar-refractivity contribution is 6.07.